The van der Waals surface area contributed by atoms with Gasteiger partial charge in [0.2, 0.25) is 0 Å². The summed E-state index contributed by atoms with van der Waals surface area (Å²) in [6.45, 7) is 5.66. The molecule has 1 heterocycles. The second kappa shape index (κ2) is 10.8. The van der Waals surface area contributed by atoms with Gasteiger partial charge in [0.1, 0.15) is 0 Å². The predicted octanol–water partition coefficient (Wildman–Crippen LogP) is 2.95. The fraction of sp³-hybridized carbons (Fsp3) is 0.524. The SMILES string of the molecule is CCOC(=O)/C(C)=C(\C(=O)OCC)[C@@H]1CCO[C@H](c2ccc(OC)c(OC)c2)O1. The van der Waals surface area contributed by atoms with Crippen molar-refractivity contribution in [3.63, 3.8) is 0 Å². The Morgan fingerprint density at radius 3 is 2.31 bits per heavy atom. The topological polar surface area (TPSA) is 89.5 Å². The maximum atomic E-state index is 12.6. The largest absolute Gasteiger partial charge is 0.493 e. The Balaban J connectivity index is 2.33. The summed E-state index contributed by atoms with van der Waals surface area (Å²) in [6.07, 6.45) is -1.02. The average molecular weight is 408 g/mol. The standard InChI is InChI=1S/C21H28O8/c1-6-26-19(22)13(3)18(20(23)27-7-2)16-10-11-28-21(29-16)14-8-9-15(24-4)17(12-14)25-5/h8-9,12,16,21H,6-7,10-11H2,1-5H3/b18-13-/t16-,21-/m0/s1. The van der Waals surface area contributed by atoms with Crippen LogP contribution in [0.1, 0.15) is 39.0 Å². The first kappa shape index (κ1) is 22.7. The molecule has 1 aromatic carbocycles. The van der Waals surface area contributed by atoms with Crippen molar-refractivity contribution in [1.82, 2.24) is 0 Å². The quantitative estimate of drug-likeness (QED) is 0.479. The summed E-state index contributed by atoms with van der Waals surface area (Å²) in [5.41, 5.74) is 1.02. The Labute approximate surface area is 170 Å². The van der Waals surface area contributed by atoms with E-state index in [0.717, 1.165) is 0 Å². The van der Waals surface area contributed by atoms with Gasteiger partial charge in [-0.2, -0.15) is 0 Å². The highest BCUT2D eigenvalue weighted by molar-refractivity contribution is 6.00. The number of esters is 2. The minimum absolute atomic E-state index is 0.152. The molecule has 0 bridgehead atoms. The molecule has 1 aromatic rings. The molecule has 29 heavy (non-hydrogen) atoms. The second-order valence-corrected chi connectivity index (χ2v) is 6.21. The molecule has 0 N–H and O–H groups in total. The van der Waals surface area contributed by atoms with Crippen molar-refractivity contribution in [1.29, 1.82) is 0 Å². The molecule has 1 aliphatic rings. The highest BCUT2D eigenvalue weighted by atomic mass is 16.7. The molecule has 1 fully saturated rings. The molecule has 0 unspecified atom stereocenters. The zero-order valence-corrected chi connectivity index (χ0v) is 17.5. The molecule has 8 nitrogen and oxygen atoms in total. The van der Waals surface area contributed by atoms with E-state index in [9.17, 15) is 9.59 Å². The maximum Gasteiger partial charge on any atom is 0.337 e. The first-order valence-corrected chi connectivity index (χ1v) is 9.50. The third kappa shape index (κ3) is 5.48. The Morgan fingerprint density at radius 2 is 1.69 bits per heavy atom. The van der Waals surface area contributed by atoms with Gasteiger partial charge in [-0.3, -0.25) is 0 Å². The normalized spacial score (nSPS) is 19.8. The summed E-state index contributed by atoms with van der Waals surface area (Å²) in [5, 5.41) is 0. The van der Waals surface area contributed by atoms with Crippen LogP contribution in [0.25, 0.3) is 0 Å². The minimum Gasteiger partial charge on any atom is -0.493 e. The number of carbonyl (C=O) groups is 2. The average Bonchev–Trinajstić information content (AvgIpc) is 2.73. The third-order valence-corrected chi connectivity index (χ3v) is 4.42. The van der Waals surface area contributed by atoms with Crippen LogP contribution in [0.15, 0.2) is 29.3 Å². The Bertz CT molecular complexity index is 755. The minimum atomic E-state index is -0.743. The van der Waals surface area contributed by atoms with Crippen molar-refractivity contribution in [2.24, 2.45) is 0 Å². The van der Waals surface area contributed by atoms with Gasteiger partial charge in [-0.25, -0.2) is 9.59 Å². The molecule has 1 saturated heterocycles. The van der Waals surface area contributed by atoms with Gasteiger partial charge in [0, 0.05) is 17.6 Å². The van der Waals surface area contributed by atoms with Crippen LogP contribution >= 0.6 is 0 Å². The molecule has 2 rings (SSSR count). The fourth-order valence-electron chi connectivity index (χ4n) is 3.01. The van der Waals surface area contributed by atoms with Crippen LogP contribution in [0, 0.1) is 0 Å². The number of hydrogen-bond acceptors (Lipinski definition) is 8. The van der Waals surface area contributed by atoms with Gasteiger partial charge in [-0.1, -0.05) is 6.07 Å². The first-order chi connectivity index (χ1) is 14.0. The molecule has 0 aliphatic carbocycles. The van der Waals surface area contributed by atoms with Crippen molar-refractivity contribution in [2.45, 2.75) is 39.6 Å². The lowest BCUT2D eigenvalue weighted by Gasteiger charge is -2.32. The van der Waals surface area contributed by atoms with Crippen LogP contribution in [0.4, 0.5) is 0 Å². The number of ether oxygens (including phenoxy) is 6. The molecule has 160 valence electrons. The van der Waals surface area contributed by atoms with Gasteiger partial charge in [0.25, 0.3) is 0 Å². The third-order valence-electron chi connectivity index (χ3n) is 4.42. The Hall–Kier alpha value is -2.58. The lowest BCUT2D eigenvalue weighted by molar-refractivity contribution is -0.209. The van der Waals surface area contributed by atoms with Gasteiger partial charge < -0.3 is 28.4 Å². The van der Waals surface area contributed by atoms with Crippen molar-refractivity contribution >= 4 is 11.9 Å². The Morgan fingerprint density at radius 1 is 1.03 bits per heavy atom. The van der Waals surface area contributed by atoms with Crippen LogP contribution < -0.4 is 9.47 Å². The molecule has 0 radical (unpaired) electrons. The van der Waals surface area contributed by atoms with E-state index in [-0.39, 0.29) is 24.4 Å². The van der Waals surface area contributed by atoms with E-state index >= 15 is 0 Å². The van der Waals surface area contributed by atoms with E-state index in [0.29, 0.717) is 30.1 Å². The van der Waals surface area contributed by atoms with E-state index in [1.54, 1.807) is 39.2 Å². The maximum absolute atomic E-state index is 12.6. The van der Waals surface area contributed by atoms with E-state index in [2.05, 4.69) is 0 Å². The highest BCUT2D eigenvalue weighted by Gasteiger charge is 2.34. The molecular formula is C21H28O8. The first-order valence-electron chi connectivity index (χ1n) is 9.50. The second-order valence-electron chi connectivity index (χ2n) is 6.21. The van der Waals surface area contributed by atoms with E-state index < -0.39 is 24.3 Å². The molecule has 0 saturated carbocycles. The van der Waals surface area contributed by atoms with Gasteiger partial charge in [0.05, 0.1) is 45.7 Å². The summed E-state index contributed by atoms with van der Waals surface area (Å²) < 4.78 is 32.6. The zero-order valence-electron chi connectivity index (χ0n) is 17.5. The lowest BCUT2D eigenvalue weighted by Crippen LogP contribution is -2.33. The molecule has 1 aliphatic heterocycles. The number of hydrogen-bond donors (Lipinski definition) is 0. The van der Waals surface area contributed by atoms with E-state index in [1.165, 1.54) is 14.0 Å². The summed E-state index contributed by atoms with van der Waals surface area (Å²) in [5.74, 6) is -0.0682. The molecule has 0 spiro atoms. The van der Waals surface area contributed by atoms with E-state index in [1.807, 2.05) is 0 Å². The molecular weight excluding hydrogens is 380 g/mol. The van der Waals surface area contributed by atoms with Crippen LogP contribution in [-0.2, 0) is 28.5 Å². The fourth-order valence-corrected chi connectivity index (χ4v) is 3.01. The number of methoxy groups -OCH3 is 2. The molecule has 0 amide bonds. The van der Waals surface area contributed by atoms with Gasteiger partial charge in [-0.05, 0) is 32.9 Å². The smallest absolute Gasteiger partial charge is 0.337 e. The summed E-state index contributed by atoms with van der Waals surface area (Å²) in [4.78, 5) is 24.8. The molecule has 8 heteroatoms. The molecule has 2 atom stereocenters. The summed E-state index contributed by atoms with van der Waals surface area (Å²) in [7, 11) is 3.09. The Kier molecular flexibility index (Phi) is 8.48. The van der Waals surface area contributed by atoms with Crippen molar-refractivity contribution in [3.8, 4) is 11.5 Å². The number of benzene rings is 1. The van der Waals surface area contributed by atoms with Crippen LogP contribution in [0.5, 0.6) is 11.5 Å². The van der Waals surface area contributed by atoms with Crippen molar-refractivity contribution in [2.75, 3.05) is 34.0 Å². The van der Waals surface area contributed by atoms with Gasteiger partial charge in [-0.15, -0.1) is 0 Å². The van der Waals surface area contributed by atoms with Gasteiger partial charge >= 0.3 is 11.9 Å². The van der Waals surface area contributed by atoms with Crippen LogP contribution in [-0.4, -0.2) is 52.1 Å². The predicted molar refractivity (Wildman–Crippen MR) is 104 cm³/mol. The summed E-state index contributed by atoms with van der Waals surface area (Å²) in [6, 6.07) is 5.29. The number of rotatable bonds is 8. The van der Waals surface area contributed by atoms with E-state index in [4.69, 9.17) is 28.4 Å². The van der Waals surface area contributed by atoms with Gasteiger partial charge in [0.15, 0.2) is 17.8 Å². The number of carbonyl (C=O) groups excluding carboxylic acids is 2. The summed E-state index contributed by atoms with van der Waals surface area (Å²) >= 11 is 0. The zero-order chi connectivity index (χ0) is 21.4. The van der Waals surface area contributed by atoms with Crippen LogP contribution in [0.3, 0.4) is 0 Å². The van der Waals surface area contributed by atoms with Crippen molar-refractivity contribution in [3.05, 3.63) is 34.9 Å². The monoisotopic (exact) mass is 408 g/mol. The molecule has 0 aromatic heterocycles. The van der Waals surface area contributed by atoms with Crippen LogP contribution in [0.2, 0.25) is 0 Å². The van der Waals surface area contributed by atoms with Crippen molar-refractivity contribution < 1.29 is 38.0 Å². The lowest BCUT2D eigenvalue weighted by atomic mass is 10.00. The highest BCUT2D eigenvalue weighted by Crippen LogP contribution is 2.35.